The molecule has 0 saturated heterocycles. The predicted molar refractivity (Wildman–Crippen MR) is 82.5 cm³/mol. The lowest BCUT2D eigenvalue weighted by Gasteiger charge is -2.23. The lowest BCUT2D eigenvalue weighted by Crippen LogP contribution is -2.21. The zero-order valence-electron chi connectivity index (χ0n) is 11.4. The molecule has 2 rings (SSSR count). The topological polar surface area (TPSA) is 29.9 Å². The van der Waals surface area contributed by atoms with E-state index in [9.17, 15) is 0 Å². The number of imidazole rings is 1. The summed E-state index contributed by atoms with van der Waals surface area (Å²) in [5.41, 5.74) is 2.05. The Labute approximate surface area is 123 Å². The summed E-state index contributed by atoms with van der Waals surface area (Å²) >= 11 is 11.5. The number of hydrogen-bond donors (Lipinski definition) is 1. The fourth-order valence-electron chi connectivity index (χ4n) is 2.24. The highest BCUT2D eigenvalue weighted by Gasteiger charge is 2.19. The standard InChI is InChI=1S/C14H19ClN2OS/c1-4-18-8-13(9(2)3)17-12-6-5-10(15)7-11(12)16-14(17)19/h5-7,9,13H,4,8H2,1-3H3,(H,16,19). The van der Waals surface area contributed by atoms with Crippen LogP contribution >= 0.6 is 23.8 Å². The van der Waals surface area contributed by atoms with Gasteiger partial charge in [0.15, 0.2) is 4.77 Å². The van der Waals surface area contributed by atoms with E-state index in [1.54, 1.807) is 0 Å². The van der Waals surface area contributed by atoms with Crippen molar-refractivity contribution in [3.63, 3.8) is 0 Å². The maximum atomic E-state index is 6.02. The Bertz CT molecular complexity index is 617. The molecular weight excluding hydrogens is 280 g/mol. The van der Waals surface area contributed by atoms with Crippen molar-refractivity contribution >= 4 is 34.9 Å². The number of halogens is 1. The second kappa shape index (κ2) is 6.07. The molecule has 0 radical (unpaired) electrons. The zero-order valence-corrected chi connectivity index (χ0v) is 13.0. The number of aromatic nitrogens is 2. The van der Waals surface area contributed by atoms with Gasteiger partial charge in [-0.1, -0.05) is 25.4 Å². The molecule has 1 heterocycles. The number of fused-ring (bicyclic) bond motifs is 1. The molecule has 0 saturated carbocycles. The van der Waals surface area contributed by atoms with E-state index in [0.29, 0.717) is 24.2 Å². The van der Waals surface area contributed by atoms with E-state index in [0.717, 1.165) is 15.8 Å². The van der Waals surface area contributed by atoms with Crippen molar-refractivity contribution in [2.45, 2.75) is 26.8 Å². The largest absolute Gasteiger partial charge is 0.380 e. The van der Waals surface area contributed by atoms with Gasteiger partial charge in [0.1, 0.15) is 0 Å². The quantitative estimate of drug-likeness (QED) is 0.819. The summed E-state index contributed by atoms with van der Waals surface area (Å²) in [4.78, 5) is 3.22. The molecule has 0 amide bonds. The molecule has 104 valence electrons. The minimum Gasteiger partial charge on any atom is -0.380 e. The normalized spacial score (nSPS) is 13.3. The molecule has 1 N–H and O–H groups in total. The number of aromatic amines is 1. The van der Waals surface area contributed by atoms with E-state index in [1.807, 2.05) is 25.1 Å². The second-order valence-electron chi connectivity index (χ2n) is 4.93. The van der Waals surface area contributed by atoms with Crippen molar-refractivity contribution in [3.8, 4) is 0 Å². The summed E-state index contributed by atoms with van der Waals surface area (Å²) in [6.45, 7) is 7.74. The van der Waals surface area contributed by atoms with Crippen molar-refractivity contribution < 1.29 is 4.74 Å². The summed E-state index contributed by atoms with van der Waals surface area (Å²) in [7, 11) is 0. The Hall–Kier alpha value is -0.840. The molecule has 1 aromatic carbocycles. The molecule has 5 heteroatoms. The second-order valence-corrected chi connectivity index (χ2v) is 5.76. The summed E-state index contributed by atoms with van der Waals surface area (Å²) in [5.74, 6) is 0.438. The van der Waals surface area contributed by atoms with E-state index in [1.165, 1.54) is 0 Å². The average molecular weight is 299 g/mol. The molecule has 0 aliphatic heterocycles. The maximum Gasteiger partial charge on any atom is 0.178 e. The number of ether oxygens (including phenoxy) is 1. The Morgan fingerprint density at radius 3 is 2.79 bits per heavy atom. The van der Waals surface area contributed by atoms with Gasteiger partial charge >= 0.3 is 0 Å². The van der Waals surface area contributed by atoms with Crippen LogP contribution in [0.2, 0.25) is 5.02 Å². The molecule has 1 aromatic heterocycles. The molecule has 1 unspecified atom stereocenters. The monoisotopic (exact) mass is 298 g/mol. The van der Waals surface area contributed by atoms with Gasteiger partial charge in [-0.15, -0.1) is 0 Å². The molecule has 0 aliphatic carbocycles. The van der Waals surface area contributed by atoms with Gasteiger partial charge in [-0.2, -0.15) is 0 Å². The fourth-order valence-corrected chi connectivity index (χ4v) is 2.75. The van der Waals surface area contributed by atoms with Crippen LogP contribution in [0, 0.1) is 10.7 Å². The number of H-pyrrole nitrogens is 1. The number of nitrogens with zero attached hydrogens (tertiary/aromatic N) is 1. The van der Waals surface area contributed by atoms with Crippen LogP contribution in [0.1, 0.15) is 26.8 Å². The molecule has 3 nitrogen and oxygen atoms in total. The first-order valence-corrected chi connectivity index (χ1v) is 7.30. The predicted octanol–water partition coefficient (Wildman–Crippen LogP) is 4.59. The van der Waals surface area contributed by atoms with Crippen LogP contribution in [0.3, 0.4) is 0 Å². The SMILES string of the molecule is CCOCC(C(C)C)n1c(=S)[nH]c2cc(Cl)ccc21. The molecule has 1 atom stereocenters. The Balaban J connectivity index is 2.52. The summed E-state index contributed by atoms with van der Waals surface area (Å²) < 4.78 is 8.46. The van der Waals surface area contributed by atoms with Crippen LogP contribution < -0.4 is 0 Å². The number of hydrogen-bond acceptors (Lipinski definition) is 2. The fraction of sp³-hybridized carbons (Fsp3) is 0.500. The van der Waals surface area contributed by atoms with Crippen LogP contribution in [0.4, 0.5) is 0 Å². The van der Waals surface area contributed by atoms with Crippen molar-refractivity contribution in [1.29, 1.82) is 0 Å². The van der Waals surface area contributed by atoms with Crippen molar-refractivity contribution in [2.24, 2.45) is 5.92 Å². The zero-order chi connectivity index (χ0) is 14.0. The van der Waals surface area contributed by atoms with E-state index in [2.05, 4.69) is 23.4 Å². The minimum atomic E-state index is 0.224. The number of rotatable bonds is 5. The van der Waals surface area contributed by atoms with Gasteiger partial charge in [0.25, 0.3) is 0 Å². The van der Waals surface area contributed by atoms with Crippen LogP contribution in [-0.2, 0) is 4.74 Å². The highest BCUT2D eigenvalue weighted by atomic mass is 35.5. The first-order chi connectivity index (χ1) is 9.04. The number of nitrogens with one attached hydrogen (secondary N) is 1. The van der Waals surface area contributed by atoms with E-state index >= 15 is 0 Å². The third kappa shape index (κ3) is 3.02. The van der Waals surface area contributed by atoms with Gasteiger partial charge in [-0.25, -0.2) is 0 Å². The van der Waals surface area contributed by atoms with Crippen LogP contribution in [0.5, 0.6) is 0 Å². The van der Waals surface area contributed by atoms with Gasteiger partial charge in [0.05, 0.1) is 23.7 Å². The van der Waals surface area contributed by atoms with E-state index in [-0.39, 0.29) is 6.04 Å². The van der Waals surface area contributed by atoms with Gasteiger partial charge in [-0.05, 0) is 43.3 Å². The van der Waals surface area contributed by atoms with E-state index in [4.69, 9.17) is 28.6 Å². The first-order valence-electron chi connectivity index (χ1n) is 6.52. The lowest BCUT2D eigenvalue weighted by atomic mass is 10.1. The highest BCUT2D eigenvalue weighted by molar-refractivity contribution is 7.71. The molecule has 19 heavy (non-hydrogen) atoms. The summed E-state index contributed by atoms with van der Waals surface area (Å²) in [6, 6.07) is 6.02. The average Bonchev–Trinajstić information content (AvgIpc) is 2.65. The number of benzene rings is 1. The first kappa shape index (κ1) is 14.6. The van der Waals surface area contributed by atoms with Crippen molar-refractivity contribution in [3.05, 3.63) is 28.0 Å². The summed E-state index contributed by atoms with van der Waals surface area (Å²) in [5, 5.41) is 0.710. The molecule has 2 aromatic rings. The Kier molecular flexibility index (Phi) is 4.66. The molecule has 0 fully saturated rings. The van der Waals surface area contributed by atoms with E-state index < -0.39 is 0 Å². The van der Waals surface area contributed by atoms with Crippen molar-refractivity contribution in [1.82, 2.24) is 9.55 Å². The van der Waals surface area contributed by atoms with Gasteiger partial charge in [0, 0.05) is 11.6 Å². The Morgan fingerprint density at radius 2 is 2.16 bits per heavy atom. The maximum absolute atomic E-state index is 6.02. The third-order valence-electron chi connectivity index (χ3n) is 3.27. The summed E-state index contributed by atoms with van der Waals surface area (Å²) in [6.07, 6.45) is 0. The van der Waals surface area contributed by atoms with Crippen molar-refractivity contribution in [2.75, 3.05) is 13.2 Å². The molecule has 0 aliphatic rings. The lowest BCUT2D eigenvalue weighted by molar-refractivity contribution is 0.0974. The molecule has 0 spiro atoms. The van der Waals surface area contributed by atoms with Crippen LogP contribution in [0.25, 0.3) is 11.0 Å². The Morgan fingerprint density at radius 1 is 1.42 bits per heavy atom. The van der Waals surface area contributed by atoms with Gasteiger partial charge in [0.2, 0.25) is 0 Å². The third-order valence-corrected chi connectivity index (χ3v) is 3.81. The molecule has 0 bridgehead atoms. The van der Waals surface area contributed by atoms with Gasteiger partial charge in [-0.3, -0.25) is 0 Å². The molecular formula is C14H19ClN2OS. The highest BCUT2D eigenvalue weighted by Crippen LogP contribution is 2.26. The van der Waals surface area contributed by atoms with Gasteiger partial charge < -0.3 is 14.3 Å². The van der Waals surface area contributed by atoms with Crippen LogP contribution in [-0.4, -0.2) is 22.8 Å². The smallest absolute Gasteiger partial charge is 0.178 e. The van der Waals surface area contributed by atoms with Crippen LogP contribution in [0.15, 0.2) is 18.2 Å². The minimum absolute atomic E-state index is 0.224.